The molecule has 1 atom stereocenters. The van der Waals surface area contributed by atoms with E-state index in [-0.39, 0.29) is 18.4 Å². The van der Waals surface area contributed by atoms with E-state index in [1.54, 1.807) is 0 Å². The number of carboxylic acid groups (broad SMARTS) is 1. The van der Waals surface area contributed by atoms with Gasteiger partial charge in [0, 0.05) is 0 Å². The first-order valence-electron chi connectivity index (χ1n) is 5.42. The molecule has 1 amide bonds. The van der Waals surface area contributed by atoms with E-state index in [2.05, 4.69) is 5.32 Å². The maximum atomic E-state index is 11.8. The van der Waals surface area contributed by atoms with Crippen molar-refractivity contribution < 1.29 is 14.7 Å². The van der Waals surface area contributed by atoms with E-state index in [4.69, 9.17) is 5.11 Å². The first-order chi connectivity index (χ1) is 8.18. The van der Waals surface area contributed by atoms with Crippen LogP contribution >= 0.6 is 0 Å². The monoisotopic (exact) mass is 231 g/mol. The van der Waals surface area contributed by atoms with E-state index in [0.717, 1.165) is 17.5 Å². The van der Waals surface area contributed by atoms with Gasteiger partial charge in [-0.1, -0.05) is 36.4 Å². The summed E-state index contributed by atoms with van der Waals surface area (Å²) < 4.78 is 0. The highest BCUT2D eigenvalue weighted by atomic mass is 16.4. The highest BCUT2D eigenvalue weighted by Gasteiger charge is 2.22. The number of allylic oxidation sites excluding steroid dienone is 1. The molecule has 0 heterocycles. The lowest BCUT2D eigenvalue weighted by molar-refractivity contribution is -0.138. The maximum absolute atomic E-state index is 11.8. The molecule has 0 saturated heterocycles. The van der Waals surface area contributed by atoms with Crippen LogP contribution in [0.1, 0.15) is 17.0 Å². The van der Waals surface area contributed by atoms with Gasteiger partial charge in [-0.2, -0.15) is 0 Å². The number of carboxylic acids is 1. The van der Waals surface area contributed by atoms with Crippen molar-refractivity contribution >= 4 is 11.9 Å². The Morgan fingerprint density at radius 3 is 2.88 bits per heavy atom. The molecular formula is C13H13NO3. The molecule has 1 unspecified atom stereocenters. The van der Waals surface area contributed by atoms with Gasteiger partial charge in [0.25, 0.3) is 0 Å². The first kappa shape index (κ1) is 11.4. The molecule has 2 N–H and O–H groups in total. The van der Waals surface area contributed by atoms with Crippen molar-refractivity contribution in [2.24, 2.45) is 0 Å². The summed E-state index contributed by atoms with van der Waals surface area (Å²) in [6.45, 7) is -0.342. The molecule has 17 heavy (non-hydrogen) atoms. The summed E-state index contributed by atoms with van der Waals surface area (Å²) >= 11 is 0. The number of nitrogens with one attached hydrogen (secondary N) is 1. The molecule has 1 aromatic carbocycles. The third-order valence-corrected chi connectivity index (χ3v) is 2.75. The minimum Gasteiger partial charge on any atom is -0.480 e. The van der Waals surface area contributed by atoms with Crippen molar-refractivity contribution in [1.29, 1.82) is 0 Å². The normalized spacial score (nSPS) is 17.3. The third-order valence-electron chi connectivity index (χ3n) is 2.75. The molecule has 4 heteroatoms. The van der Waals surface area contributed by atoms with Gasteiger partial charge in [0.1, 0.15) is 6.54 Å². The summed E-state index contributed by atoms with van der Waals surface area (Å²) in [6.07, 6.45) is 4.58. The summed E-state index contributed by atoms with van der Waals surface area (Å²) in [4.78, 5) is 22.2. The minimum atomic E-state index is -1.04. The Balaban J connectivity index is 2.16. The van der Waals surface area contributed by atoms with Gasteiger partial charge in [-0.25, -0.2) is 0 Å². The van der Waals surface area contributed by atoms with Crippen molar-refractivity contribution in [2.45, 2.75) is 12.3 Å². The minimum absolute atomic E-state index is 0.268. The van der Waals surface area contributed by atoms with E-state index in [1.807, 2.05) is 36.4 Å². The van der Waals surface area contributed by atoms with Crippen molar-refractivity contribution in [3.05, 3.63) is 47.5 Å². The lowest BCUT2D eigenvalue weighted by Gasteiger charge is -2.19. The number of rotatable bonds is 3. The van der Waals surface area contributed by atoms with E-state index >= 15 is 0 Å². The molecular weight excluding hydrogens is 218 g/mol. The Bertz CT molecular complexity index is 479. The molecule has 0 fully saturated rings. The van der Waals surface area contributed by atoms with E-state index in [1.165, 1.54) is 0 Å². The van der Waals surface area contributed by atoms with Gasteiger partial charge in [0.05, 0.1) is 5.92 Å². The number of benzene rings is 1. The second-order valence-electron chi connectivity index (χ2n) is 3.92. The Morgan fingerprint density at radius 2 is 2.12 bits per heavy atom. The van der Waals surface area contributed by atoms with Crippen LogP contribution in [0, 0.1) is 0 Å². The second-order valence-corrected chi connectivity index (χ2v) is 3.92. The van der Waals surface area contributed by atoms with Crippen LogP contribution in [0.5, 0.6) is 0 Å². The Kier molecular flexibility index (Phi) is 3.23. The molecule has 1 aliphatic rings. The highest BCUT2D eigenvalue weighted by Crippen LogP contribution is 2.26. The summed E-state index contributed by atoms with van der Waals surface area (Å²) in [5.74, 6) is -1.68. The maximum Gasteiger partial charge on any atom is 0.322 e. The molecule has 2 rings (SSSR count). The summed E-state index contributed by atoms with van der Waals surface area (Å²) in [5, 5.41) is 10.9. The fourth-order valence-electron chi connectivity index (χ4n) is 1.96. The highest BCUT2D eigenvalue weighted by molar-refractivity contribution is 5.88. The van der Waals surface area contributed by atoms with Gasteiger partial charge >= 0.3 is 5.97 Å². The molecule has 1 aromatic rings. The van der Waals surface area contributed by atoms with Crippen LogP contribution in [0.3, 0.4) is 0 Å². The standard InChI is InChI=1S/C13H13NO3/c15-12(16)8-14-13(17)11-7-3-5-9-4-1-2-6-10(9)11/h1-4,6-7,11H,5,8H2,(H,14,17)(H,15,16). The van der Waals surface area contributed by atoms with Gasteiger partial charge in [0.2, 0.25) is 5.91 Å². The van der Waals surface area contributed by atoms with Crippen molar-refractivity contribution in [3.8, 4) is 0 Å². The SMILES string of the molecule is O=C(O)CNC(=O)C1C=CCc2ccccc21. The lowest BCUT2D eigenvalue weighted by atomic mass is 9.87. The fraction of sp³-hybridized carbons (Fsp3) is 0.231. The molecule has 1 aliphatic carbocycles. The number of amides is 1. The largest absolute Gasteiger partial charge is 0.480 e. The Labute approximate surface area is 99.0 Å². The van der Waals surface area contributed by atoms with Crippen LogP contribution in [0.25, 0.3) is 0 Å². The van der Waals surface area contributed by atoms with Gasteiger partial charge < -0.3 is 10.4 Å². The average Bonchev–Trinajstić information content (AvgIpc) is 2.35. The molecule has 4 nitrogen and oxygen atoms in total. The topological polar surface area (TPSA) is 66.4 Å². The van der Waals surface area contributed by atoms with Gasteiger partial charge in [-0.05, 0) is 17.5 Å². The summed E-state index contributed by atoms with van der Waals surface area (Å²) in [5.41, 5.74) is 2.07. The van der Waals surface area contributed by atoms with Crippen molar-refractivity contribution in [3.63, 3.8) is 0 Å². The first-order valence-corrected chi connectivity index (χ1v) is 5.42. The Hall–Kier alpha value is -2.10. The van der Waals surface area contributed by atoms with Crippen LogP contribution in [0.2, 0.25) is 0 Å². The number of carbonyl (C=O) groups excluding carboxylic acids is 1. The third kappa shape index (κ3) is 2.53. The quantitative estimate of drug-likeness (QED) is 0.765. The number of carbonyl (C=O) groups is 2. The zero-order valence-electron chi connectivity index (χ0n) is 9.22. The van der Waals surface area contributed by atoms with E-state index in [0.29, 0.717) is 0 Å². The van der Waals surface area contributed by atoms with Gasteiger partial charge in [-0.15, -0.1) is 0 Å². The van der Waals surface area contributed by atoms with Crippen LogP contribution < -0.4 is 5.32 Å². The number of fused-ring (bicyclic) bond motifs is 1. The molecule has 88 valence electrons. The lowest BCUT2D eigenvalue weighted by Crippen LogP contribution is -2.33. The average molecular weight is 231 g/mol. The summed E-state index contributed by atoms with van der Waals surface area (Å²) in [6, 6.07) is 7.71. The zero-order chi connectivity index (χ0) is 12.3. The van der Waals surface area contributed by atoms with E-state index < -0.39 is 5.97 Å². The molecule has 0 spiro atoms. The molecule has 0 bridgehead atoms. The summed E-state index contributed by atoms with van der Waals surface area (Å²) in [7, 11) is 0. The smallest absolute Gasteiger partial charge is 0.322 e. The predicted molar refractivity (Wildman–Crippen MR) is 62.7 cm³/mol. The Morgan fingerprint density at radius 1 is 1.35 bits per heavy atom. The van der Waals surface area contributed by atoms with Crippen LogP contribution in [-0.4, -0.2) is 23.5 Å². The zero-order valence-corrected chi connectivity index (χ0v) is 9.22. The second kappa shape index (κ2) is 4.82. The molecule has 0 radical (unpaired) electrons. The molecule has 0 aromatic heterocycles. The van der Waals surface area contributed by atoms with Gasteiger partial charge in [0.15, 0.2) is 0 Å². The van der Waals surface area contributed by atoms with Crippen molar-refractivity contribution in [2.75, 3.05) is 6.54 Å². The predicted octanol–water partition coefficient (Wildman–Crippen LogP) is 1.08. The van der Waals surface area contributed by atoms with Gasteiger partial charge in [-0.3, -0.25) is 9.59 Å². The van der Waals surface area contributed by atoms with Crippen LogP contribution in [-0.2, 0) is 16.0 Å². The van der Waals surface area contributed by atoms with Crippen LogP contribution in [0.4, 0.5) is 0 Å². The van der Waals surface area contributed by atoms with E-state index in [9.17, 15) is 9.59 Å². The molecule has 0 saturated carbocycles. The number of hydrogen-bond donors (Lipinski definition) is 2. The van der Waals surface area contributed by atoms with Crippen molar-refractivity contribution in [1.82, 2.24) is 5.32 Å². The fourth-order valence-corrected chi connectivity index (χ4v) is 1.96. The number of aliphatic carboxylic acids is 1. The van der Waals surface area contributed by atoms with Crippen LogP contribution in [0.15, 0.2) is 36.4 Å². The molecule has 0 aliphatic heterocycles. The number of hydrogen-bond acceptors (Lipinski definition) is 2.